The zero-order valence-electron chi connectivity index (χ0n) is 13.2. The van der Waals surface area contributed by atoms with Crippen LogP contribution in [0.5, 0.6) is 0 Å². The maximum atomic E-state index is 4.67. The Kier molecular flexibility index (Phi) is 4.04. The lowest BCUT2D eigenvalue weighted by atomic mass is 10.1. The third kappa shape index (κ3) is 2.93. The van der Waals surface area contributed by atoms with Crippen molar-refractivity contribution < 1.29 is 0 Å². The molecule has 0 spiro atoms. The molecule has 0 bridgehead atoms. The zero-order valence-corrected chi connectivity index (χ0v) is 13.2. The molecule has 0 fully saturated rings. The Labute approximate surface area is 130 Å². The number of anilines is 1. The van der Waals surface area contributed by atoms with Crippen LogP contribution >= 0.6 is 0 Å². The summed E-state index contributed by atoms with van der Waals surface area (Å²) in [5.41, 5.74) is 2.19. The summed E-state index contributed by atoms with van der Waals surface area (Å²) < 4.78 is 1.80. The van der Waals surface area contributed by atoms with Crippen molar-refractivity contribution >= 4 is 16.9 Å². The quantitative estimate of drug-likeness (QED) is 0.785. The lowest BCUT2D eigenvalue weighted by Gasteiger charge is -2.10. The van der Waals surface area contributed by atoms with Crippen molar-refractivity contribution in [2.24, 2.45) is 7.05 Å². The molecule has 0 aliphatic carbocycles. The second kappa shape index (κ2) is 6.13. The van der Waals surface area contributed by atoms with Crippen LogP contribution in [0.2, 0.25) is 0 Å². The van der Waals surface area contributed by atoms with Gasteiger partial charge in [0, 0.05) is 19.5 Å². The average molecular weight is 295 g/mol. The van der Waals surface area contributed by atoms with Gasteiger partial charge in [-0.2, -0.15) is 5.10 Å². The van der Waals surface area contributed by atoms with E-state index >= 15 is 0 Å². The summed E-state index contributed by atoms with van der Waals surface area (Å²) in [7, 11) is 1.91. The predicted octanol–water partition coefficient (Wildman–Crippen LogP) is 3.14. The maximum Gasteiger partial charge on any atom is 0.163 e. The number of fused-ring (bicyclic) bond motifs is 1. The van der Waals surface area contributed by atoms with Crippen LogP contribution < -0.4 is 5.32 Å². The number of aryl methyl sites for hydroxylation is 1. The minimum atomic E-state index is 0.286. The molecule has 0 saturated carbocycles. The van der Waals surface area contributed by atoms with E-state index in [9.17, 15) is 0 Å². The molecule has 0 unspecified atom stereocenters. The summed E-state index contributed by atoms with van der Waals surface area (Å²) >= 11 is 0. The van der Waals surface area contributed by atoms with Gasteiger partial charge in [-0.05, 0) is 12.0 Å². The van der Waals surface area contributed by atoms with E-state index in [2.05, 4.69) is 58.5 Å². The second-order valence-electron chi connectivity index (χ2n) is 5.75. The molecule has 0 amide bonds. The van der Waals surface area contributed by atoms with Gasteiger partial charge >= 0.3 is 0 Å². The van der Waals surface area contributed by atoms with Crippen molar-refractivity contribution in [3.63, 3.8) is 0 Å². The number of hydrogen-bond donors (Lipinski definition) is 1. The molecule has 2 aromatic heterocycles. The SMILES string of the molecule is CC(C)c1nc(NCCc2ccccc2)c2cnn(C)c2n1. The molecule has 114 valence electrons. The number of hydrogen-bond acceptors (Lipinski definition) is 4. The normalized spacial score (nSPS) is 11.3. The van der Waals surface area contributed by atoms with Crippen LogP contribution in [-0.4, -0.2) is 26.3 Å². The molecule has 0 saturated heterocycles. The van der Waals surface area contributed by atoms with Crippen LogP contribution in [0.1, 0.15) is 31.2 Å². The van der Waals surface area contributed by atoms with Gasteiger partial charge in [-0.25, -0.2) is 9.97 Å². The monoisotopic (exact) mass is 295 g/mol. The summed E-state index contributed by atoms with van der Waals surface area (Å²) in [6.07, 6.45) is 2.79. The largest absolute Gasteiger partial charge is 0.369 e. The van der Waals surface area contributed by atoms with Crippen LogP contribution in [0.3, 0.4) is 0 Å². The van der Waals surface area contributed by atoms with E-state index in [0.29, 0.717) is 0 Å². The average Bonchev–Trinajstić information content (AvgIpc) is 2.90. The van der Waals surface area contributed by atoms with Gasteiger partial charge in [0.25, 0.3) is 0 Å². The summed E-state index contributed by atoms with van der Waals surface area (Å²) in [5, 5.41) is 8.71. The van der Waals surface area contributed by atoms with E-state index in [1.54, 1.807) is 4.68 Å². The third-order valence-corrected chi connectivity index (χ3v) is 3.67. The smallest absolute Gasteiger partial charge is 0.163 e. The molecule has 2 heterocycles. The minimum absolute atomic E-state index is 0.286. The number of nitrogens with one attached hydrogen (secondary N) is 1. The van der Waals surface area contributed by atoms with Crippen molar-refractivity contribution in [2.75, 3.05) is 11.9 Å². The van der Waals surface area contributed by atoms with Crippen LogP contribution in [-0.2, 0) is 13.5 Å². The number of nitrogens with zero attached hydrogens (tertiary/aromatic N) is 4. The molecule has 22 heavy (non-hydrogen) atoms. The van der Waals surface area contributed by atoms with E-state index in [1.807, 2.05) is 19.3 Å². The Bertz CT molecular complexity index is 761. The zero-order chi connectivity index (χ0) is 15.5. The first-order valence-corrected chi connectivity index (χ1v) is 7.62. The molecule has 5 heteroatoms. The number of aromatic nitrogens is 4. The molecule has 1 aromatic carbocycles. The lowest BCUT2D eigenvalue weighted by Crippen LogP contribution is -2.10. The third-order valence-electron chi connectivity index (χ3n) is 3.67. The Morgan fingerprint density at radius 1 is 1.14 bits per heavy atom. The molecular weight excluding hydrogens is 274 g/mol. The number of rotatable bonds is 5. The van der Waals surface area contributed by atoms with Gasteiger partial charge in [-0.15, -0.1) is 0 Å². The van der Waals surface area contributed by atoms with Gasteiger partial charge in [-0.1, -0.05) is 44.2 Å². The van der Waals surface area contributed by atoms with Crippen LogP contribution in [0.4, 0.5) is 5.82 Å². The van der Waals surface area contributed by atoms with Crippen molar-refractivity contribution in [1.82, 2.24) is 19.7 Å². The molecule has 0 atom stereocenters. The van der Waals surface area contributed by atoms with E-state index in [-0.39, 0.29) is 5.92 Å². The van der Waals surface area contributed by atoms with Crippen LogP contribution in [0.25, 0.3) is 11.0 Å². The Balaban J connectivity index is 1.83. The van der Waals surface area contributed by atoms with Gasteiger partial charge in [0.15, 0.2) is 5.65 Å². The van der Waals surface area contributed by atoms with E-state index < -0.39 is 0 Å². The van der Waals surface area contributed by atoms with Crippen LogP contribution in [0.15, 0.2) is 36.5 Å². The minimum Gasteiger partial charge on any atom is -0.369 e. The van der Waals surface area contributed by atoms with Crippen molar-refractivity contribution in [3.8, 4) is 0 Å². The lowest BCUT2D eigenvalue weighted by molar-refractivity contribution is 0.752. The van der Waals surface area contributed by atoms with Gasteiger partial charge in [0.05, 0.1) is 11.6 Å². The highest BCUT2D eigenvalue weighted by molar-refractivity contribution is 5.86. The first kappa shape index (κ1) is 14.5. The molecule has 1 N–H and O–H groups in total. The van der Waals surface area contributed by atoms with E-state index in [1.165, 1.54) is 5.56 Å². The van der Waals surface area contributed by atoms with Gasteiger partial charge in [0.2, 0.25) is 0 Å². The highest BCUT2D eigenvalue weighted by Crippen LogP contribution is 2.22. The standard InChI is InChI=1S/C17H21N5/c1-12(2)15-20-16(14-11-19-22(3)17(14)21-15)18-10-9-13-7-5-4-6-8-13/h4-8,11-12H,9-10H2,1-3H3,(H,18,20,21). The summed E-state index contributed by atoms with van der Waals surface area (Å²) in [4.78, 5) is 9.28. The van der Waals surface area contributed by atoms with Crippen LogP contribution in [0, 0.1) is 0 Å². The Morgan fingerprint density at radius 3 is 2.64 bits per heavy atom. The van der Waals surface area contributed by atoms with Gasteiger partial charge in [-0.3, -0.25) is 4.68 Å². The fourth-order valence-electron chi connectivity index (χ4n) is 2.40. The van der Waals surface area contributed by atoms with Crippen molar-refractivity contribution in [3.05, 3.63) is 47.9 Å². The molecule has 3 aromatic rings. The summed E-state index contributed by atoms with van der Waals surface area (Å²) in [5.74, 6) is 2.00. The van der Waals surface area contributed by atoms with Gasteiger partial charge in [0.1, 0.15) is 11.6 Å². The Morgan fingerprint density at radius 2 is 1.91 bits per heavy atom. The van der Waals surface area contributed by atoms with Crippen molar-refractivity contribution in [2.45, 2.75) is 26.2 Å². The Hall–Kier alpha value is -2.43. The highest BCUT2D eigenvalue weighted by Gasteiger charge is 2.13. The van der Waals surface area contributed by atoms with E-state index in [0.717, 1.165) is 35.6 Å². The van der Waals surface area contributed by atoms with Crippen molar-refractivity contribution in [1.29, 1.82) is 0 Å². The molecule has 0 aliphatic heterocycles. The fraction of sp³-hybridized carbons (Fsp3) is 0.353. The molecule has 0 radical (unpaired) electrons. The maximum absolute atomic E-state index is 4.67. The molecular formula is C17H21N5. The fourth-order valence-corrected chi connectivity index (χ4v) is 2.40. The first-order valence-electron chi connectivity index (χ1n) is 7.62. The first-order chi connectivity index (χ1) is 10.6. The molecule has 0 aliphatic rings. The highest BCUT2D eigenvalue weighted by atomic mass is 15.3. The summed E-state index contributed by atoms with van der Waals surface area (Å²) in [6, 6.07) is 10.4. The number of benzene rings is 1. The topological polar surface area (TPSA) is 55.6 Å². The summed E-state index contributed by atoms with van der Waals surface area (Å²) in [6.45, 7) is 5.04. The van der Waals surface area contributed by atoms with E-state index in [4.69, 9.17) is 0 Å². The second-order valence-corrected chi connectivity index (χ2v) is 5.75. The molecule has 5 nitrogen and oxygen atoms in total. The van der Waals surface area contributed by atoms with Gasteiger partial charge < -0.3 is 5.32 Å². The predicted molar refractivity (Wildman–Crippen MR) is 89.0 cm³/mol. The molecule has 3 rings (SSSR count).